The fraction of sp³-hybridized carbons (Fsp3) is 0.333. The largest absolute Gasteiger partial charge is 0.462 e. The van der Waals surface area contributed by atoms with Gasteiger partial charge in [0.15, 0.2) is 5.78 Å². The molecule has 0 unspecified atom stereocenters. The highest BCUT2D eigenvalue weighted by Crippen LogP contribution is 2.15. The van der Waals surface area contributed by atoms with Crippen LogP contribution in [0.2, 0.25) is 0 Å². The Morgan fingerprint density at radius 3 is 2.45 bits per heavy atom. The number of carbonyl (C=O) groups excluding carboxylic acids is 2. The van der Waals surface area contributed by atoms with Crippen LogP contribution in [0, 0.1) is 0 Å². The first kappa shape index (κ1) is 16.4. The highest BCUT2D eigenvalue weighted by atomic mass is 79.9. The highest BCUT2D eigenvalue weighted by Gasteiger charge is 2.18. The number of carbonyl (C=O) groups is 2. The van der Waals surface area contributed by atoms with Crippen molar-refractivity contribution in [3.05, 3.63) is 40.5 Å². The van der Waals surface area contributed by atoms with Crippen LogP contribution in [0.3, 0.4) is 0 Å². The first-order valence-corrected chi connectivity index (χ1v) is 7.30. The lowest BCUT2D eigenvalue weighted by atomic mass is 10.1. The molecule has 0 saturated carbocycles. The monoisotopic (exact) mass is 339 g/mol. The fourth-order valence-corrected chi connectivity index (χ4v) is 1.79. The summed E-state index contributed by atoms with van der Waals surface area (Å²) in [7, 11) is 0. The van der Waals surface area contributed by atoms with Crippen molar-refractivity contribution < 1.29 is 14.3 Å². The van der Waals surface area contributed by atoms with E-state index in [2.05, 4.69) is 21.2 Å². The average molecular weight is 340 g/mol. The van der Waals surface area contributed by atoms with E-state index in [-0.39, 0.29) is 18.0 Å². The van der Waals surface area contributed by atoms with Crippen molar-refractivity contribution in [2.24, 2.45) is 0 Å². The van der Waals surface area contributed by atoms with E-state index in [1.54, 1.807) is 6.92 Å². The van der Waals surface area contributed by atoms with Gasteiger partial charge in [0.05, 0.1) is 6.61 Å². The van der Waals surface area contributed by atoms with Crippen LogP contribution in [-0.4, -0.2) is 18.4 Å². The number of anilines is 1. The molecule has 0 aliphatic rings. The number of hydrogen-bond donors (Lipinski definition) is 1. The molecular weight excluding hydrogens is 322 g/mol. The Bertz CT molecular complexity index is 474. The molecule has 0 aliphatic carbocycles. The van der Waals surface area contributed by atoms with Crippen LogP contribution < -0.4 is 5.32 Å². The minimum Gasteiger partial charge on any atom is -0.462 e. The lowest BCUT2D eigenvalue weighted by molar-refractivity contribution is -0.140. The van der Waals surface area contributed by atoms with Crippen molar-refractivity contribution in [1.82, 2.24) is 0 Å². The lowest BCUT2D eigenvalue weighted by Crippen LogP contribution is -2.17. The minimum atomic E-state index is -0.587. The van der Waals surface area contributed by atoms with Gasteiger partial charge in [-0.1, -0.05) is 22.9 Å². The van der Waals surface area contributed by atoms with Crippen LogP contribution in [0.4, 0.5) is 5.69 Å². The quantitative estimate of drug-likeness (QED) is 0.356. The normalized spacial score (nSPS) is 11.1. The first-order valence-electron chi connectivity index (χ1n) is 6.51. The van der Waals surface area contributed by atoms with E-state index in [0.29, 0.717) is 12.8 Å². The Hall–Kier alpha value is -1.62. The van der Waals surface area contributed by atoms with Crippen molar-refractivity contribution in [3.8, 4) is 0 Å². The summed E-state index contributed by atoms with van der Waals surface area (Å²) < 4.78 is 5.86. The van der Waals surface area contributed by atoms with Gasteiger partial charge in [0.1, 0.15) is 5.57 Å². The zero-order valence-electron chi connectivity index (χ0n) is 11.6. The van der Waals surface area contributed by atoms with Gasteiger partial charge in [-0.25, -0.2) is 4.79 Å². The second-order valence-corrected chi connectivity index (χ2v) is 5.02. The molecular formula is C15H18BrNO3. The Labute approximate surface area is 127 Å². The fourth-order valence-electron chi connectivity index (χ4n) is 1.53. The summed E-state index contributed by atoms with van der Waals surface area (Å²) in [5.41, 5.74) is 0.843. The molecule has 1 aromatic rings. The maximum absolute atomic E-state index is 11.9. The number of Topliss-reactive ketones (excluding diaryl/α,β-unsaturated/α-hetero) is 1. The topological polar surface area (TPSA) is 55.4 Å². The number of benzene rings is 1. The molecule has 1 N–H and O–H groups in total. The lowest BCUT2D eigenvalue weighted by Gasteiger charge is -2.07. The van der Waals surface area contributed by atoms with Gasteiger partial charge in [-0.2, -0.15) is 0 Å². The predicted molar refractivity (Wildman–Crippen MR) is 82.4 cm³/mol. The summed E-state index contributed by atoms with van der Waals surface area (Å²) in [6.07, 6.45) is 2.43. The van der Waals surface area contributed by atoms with E-state index in [1.165, 1.54) is 6.20 Å². The van der Waals surface area contributed by atoms with Crippen molar-refractivity contribution in [3.63, 3.8) is 0 Å². The third kappa shape index (κ3) is 5.17. The number of ether oxygens (including phenoxy) is 1. The molecule has 5 heteroatoms. The number of ketones is 1. The number of halogens is 1. The first-order chi connectivity index (χ1) is 9.58. The highest BCUT2D eigenvalue weighted by molar-refractivity contribution is 9.10. The molecule has 0 fully saturated rings. The molecule has 0 aliphatic heterocycles. The van der Waals surface area contributed by atoms with E-state index < -0.39 is 5.97 Å². The Balaban J connectivity index is 2.86. The van der Waals surface area contributed by atoms with Gasteiger partial charge >= 0.3 is 5.97 Å². The summed E-state index contributed by atoms with van der Waals surface area (Å²) in [5.74, 6) is -0.800. The third-order valence-corrected chi connectivity index (χ3v) is 3.03. The van der Waals surface area contributed by atoms with E-state index in [1.807, 2.05) is 31.2 Å². The van der Waals surface area contributed by atoms with Crippen LogP contribution >= 0.6 is 15.9 Å². The molecule has 4 nitrogen and oxygen atoms in total. The molecule has 108 valence electrons. The van der Waals surface area contributed by atoms with Gasteiger partial charge in [-0.15, -0.1) is 0 Å². The van der Waals surface area contributed by atoms with Crippen LogP contribution in [0.15, 0.2) is 40.5 Å². The molecule has 1 rings (SSSR count). The van der Waals surface area contributed by atoms with Gasteiger partial charge in [0.2, 0.25) is 0 Å². The molecule has 0 radical (unpaired) electrons. The maximum atomic E-state index is 11.9. The Kier molecular flexibility index (Phi) is 7.01. The van der Waals surface area contributed by atoms with Gasteiger partial charge in [-0.3, -0.25) is 4.79 Å². The molecule has 0 aromatic heterocycles. The summed E-state index contributed by atoms with van der Waals surface area (Å²) in [4.78, 5) is 23.7. The predicted octanol–water partition coefficient (Wildman–Crippen LogP) is 3.68. The molecule has 0 bridgehead atoms. The van der Waals surface area contributed by atoms with E-state index in [0.717, 1.165) is 10.2 Å². The molecule has 20 heavy (non-hydrogen) atoms. The molecule has 0 heterocycles. The van der Waals surface area contributed by atoms with Gasteiger partial charge < -0.3 is 10.1 Å². The number of hydrogen-bond acceptors (Lipinski definition) is 4. The SMILES string of the molecule is CCCC(=O)/C(=C\Nc1ccc(Br)cc1)C(=O)OCC. The third-order valence-electron chi connectivity index (χ3n) is 2.50. The molecule has 0 saturated heterocycles. The summed E-state index contributed by atoms with van der Waals surface area (Å²) in [6.45, 7) is 3.85. The summed E-state index contributed by atoms with van der Waals surface area (Å²) in [5, 5.41) is 2.95. The zero-order chi connectivity index (χ0) is 15.0. The standard InChI is InChI=1S/C15H18BrNO3/c1-3-5-14(18)13(15(19)20-4-2)10-17-12-8-6-11(16)7-9-12/h6-10,17H,3-5H2,1-2H3/b13-10+. The van der Waals surface area contributed by atoms with Crippen molar-refractivity contribution in [1.29, 1.82) is 0 Å². The summed E-state index contributed by atoms with van der Waals surface area (Å²) in [6, 6.07) is 7.42. The number of nitrogens with one attached hydrogen (secondary N) is 1. The second-order valence-electron chi connectivity index (χ2n) is 4.10. The number of rotatable bonds is 7. The van der Waals surface area contributed by atoms with Gasteiger partial charge in [0, 0.05) is 22.8 Å². The van der Waals surface area contributed by atoms with Gasteiger partial charge in [0.25, 0.3) is 0 Å². The van der Waals surface area contributed by atoms with Crippen LogP contribution in [-0.2, 0) is 14.3 Å². The van der Waals surface area contributed by atoms with Crippen LogP contribution in [0.25, 0.3) is 0 Å². The average Bonchev–Trinajstić information content (AvgIpc) is 2.42. The van der Waals surface area contributed by atoms with Crippen molar-refractivity contribution in [2.45, 2.75) is 26.7 Å². The molecule has 0 atom stereocenters. The summed E-state index contributed by atoms with van der Waals surface area (Å²) >= 11 is 3.34. The van der Waals surface area contributed by atoms with E-state index in [4.69, 9.17) is 4.74 Å². The molecule has 1 aromatic carbocycles. The van der Waals surface area contributed by atoms with Crippen molar-refractivity contribution >= 4 is 33.4 Å². The van der Waals surface area contributed by atoms with Crippen LogP contribution in [0.1, 0.15) is 26.7 Å². The zero-order valence-corrected chi connectivity index (χ0v) is 13.2. The van der Waals surface area contributed by atoms with Gasteiger partial charge in [-0.05, 0) is 37.6 Å². The Morgan fingerprint density at radius 2 is 1.90 bits per heavy atom. The minimum absolute atomic E-state index is 0.0524. The smallest absolute Gasteiger partial charge is 0.343 e. The molecule has 0 spiro atoms. The maximum Gasteiger partial charge on any atom is 0.343 e. The molecule has 0 amide bonds. The second kappa shape index (κ2) is 8.53. The number of esters is 1. The van der Waals surface area contributed by atoms with E-state index in [9.17, 15) is 9.59 Å². The Morgan fingerprint density at radius 1 is 1.25 bits per heavy atom. The van der Waals surface area contributed by atoms with Crippen LogP contribution in [0.5, 0.6) is 0 Å². The van der Waals surface area contributed by atoms with E-state index >= 15 is 0 Å². The van der Waals surface area contributed by atoms with Crippen molar-refractivity contribution in [2.75, 3.05) is 11.9 Å².